The average Bonchev–Trinajstić information content (AvgIpc) is 2.74. The number of hydrogen-bond donors (Lipinski definition) is 1. The summed E-state index contributed by atoms with van der Waals surface area (Å²) in [7, 11) is 2.11. The molecule has 0 bridgehead atoms. The van der Waals surface area contributed by atoms with E-state index >= 15 is 0 Å². The second kappa shape index (κ2) is 6.39. The molecule has 0 aliphatic heterocycles. The van der Waals surface area contributed by atoms with E-state index in [1.807, 2.05) is 0 Å². The van der Waals surface area contributed by atoms with Gasteiger partial charge in [0.15, 0.2) is 0 Å². The minimum atomic E-state index is 0.608. The van der Waals surface area contributed by atoms with E-state index in [2.05, 4.69) is 56.0 Å². The van der Waals surface area contributed by atoms with Crippen LogP contribution in [0.2, 0.25) is 0 Å². The molecule has 0 atom stereocenters. The Morgan fingerprint density at radius 3 is 2.75 bits per heavy atom. The molecule has 0 saturated carbocycles. The fraction of sp³-hybridized carbons (Fsp3) is 0.600. The Balaban J connectivity index is 2.42. The summed E-state index contributed by atoms with van der Waals surface area (Å²) in [6.45, 7) is 10.6. The highest BCUT2D eigenvalue weighted by molar-refractivity contribution is 7.18. The molecular formula is C15H24N4S. The van der Waals surface area contributed by atoms with Crippen molar-refractivity contribution in [1.29, 1.82) is 0 Å². The van der Waals surface area contributed by atoms with Crippen LogP contribution in [0, 0.1) is 12.8 Å². The van der Waals surface area contributed by atoms with Gasteiger partial charge in [-0.2, -0.15) is 4.98 Å². The van der Waals surface area contributed by atoms with Gasteiger partial charge in [-0.15, -0.1) is 11.3 Å². The molecule has 4 nitrogen and oxygen atoms in total. The number of rotatable bonds is 6. The molecule has 0 spiro atoms. The summed E-state index contributed by atoms with van der Waals surface area (Å²) in [5.41, 5.74) is 0. The zero-order chi connectivity index (χ0) is 14.7. The molecule has 0 unspecified atom stereocenters. The fourth-order valence-corrected chi connectivity index (χ4v) is 3.14. The molecule has 0 aliphatic rings. The lowest BCUT2D eigenvalue weighted by Crippen LogP contribution is -2.24. The van der Waals surface area contributed by atoms with E-state index in [0.29, 0.717) is 5.92 Å². The smallest absolute Gasteiger partial charge is 0.226 e. The zero-order valence-electron chi connectivity index (χ0n) is 13.0. The van der Waals surface area contributed by atoms with Gasteiger partial charge in [0.25, 0.3) is 0 Å². The van der Waals surface area contributed by atoms with Crippen molar-refractivity contribution in [3.05, 3.63) is 10.9 Å². The summed E-state index contributed by atoms with van der Waals surface area (Å²) in [5, 5.41) is 4.47. The molecule has 0 radical (unpaired) electrons. The Morgan fingerprint density at radius 2 is 2.10 bits per heavy atom. The number of anilines is 2. The van der Waals surface area contributed by atoms with Gasteiger partial charge in [0.1, 0.15) is 10.6 Å². The monoisotopic (exact) mass is 292 g/mol. The molecule has 2 rings (SSSR count). The first kappa shape index (κ1) is 15.0. The van der Waals surface area contributed by atoms with Crippen molar-refractivity contribution in [3.8, 4) is 0 Å². The first-order valence-corrected chi connectivity index (χ1v) is 8.06. The largest absolute Gasteiger partial charge is 0.359 e. The van der Waals surface area contributed by atoms with Gasteiger partial charge in [0.05, 0.1) is 5.39 Å². The van der Waals surface area contributed by atoms with Crippen molar-refractivity contribution in [2.45, 2.75) is 34.1 Å². The molecule has 1 N–H and O–H groups in total. The maximum atomic E-state index is 4.72. The van der Waals surface area contributed by atoms with Crippen LogP contribution in [0.3, 0.4) is 0 Å². The molecule has 20 heavy (non-hydrogen) atoms. The van der Waals surface area contributed by atoms with Crippen molar-refractivity contribution in [2.75, 3.05) is 30.4 Å². The van der Waals surface area contributed by atoms with Crippen molar-refractivity contribution in [1.82, 2.24) is 9.97 Å². The van der Waals surface area contributed by atoms with Gasteiger partial charge in [0, 0.05) is 25.0 Å². The normalized spacial score (nSPS) is 11.3. The summed E-state index contributed by atoms with van der Waals surface area (Å²) in [5.74, 6) is 2.38. The van der Waals surface area contributed by atoms with E-state index in [1.54, 1.807) is 11.3 Å². The van der Waals surface area contributed by atoms with Gasteiger partial charge in [-0.25, -0.2) is 4.98 Å². The molecule has 0 aromatic carbocycles. The first-order chi connectivity index (χ1) is 9.51. The Kier molecular flexibility index (Phi) is 4.81. The number of nitrogens with one attached hydrogen (secondary N) is 1. The predicted molar refractivity (Wildman–Crippen MR) is 89.0 cm³/mol. The topological polar surface area (TPSA) is 41.1 Å². The van der Waals surface area contributed by atoms with E-state index < -0.39 is 0 Å². The van der Waals surface area contributed by atoms with Crippen LogP contribution in [-0.4, -0.2) is 30.1 Å². The molecular weight excluding hydrogens is 268 g/mol. The lowest BCUT2D eigenvalue weighted by atomic mass is 10.2. The standard InChI is InChI=1S/C15H24N4S/c1-6-7-16-15-17-13(19(5)9-10(2)3)12-8-11(4)20-14(12)18-15/h8,10H,6-7,9H2,1-5H3,(H,16,17,18). The highest BCUT2D eigenvalue weighted by Gasteiger charge is 2.14. The third-order valence-corrected chi connectivity index (χ3v) is 3.97. The Morgan fingerprint density at radius 1 is 1.35 bits per heavy atom. The van der Waals surface area contributed by atoms with Gasteiger partial charge in [0.2, 0.25) is 5.95 Å². The number of hydrogen-bond acceptors (Lipinski definition) is 5. The highest BCUT2D eigenvalue weighted by atomic mass is 32.1. The molecule has 0 aliphatic carbocycles. The lowest BCUT2D eigenvalue weighted by Gasteiger charge is -2.21. The van der Waals surface area contributed by atoms with Crippen molar-refractivity contribution in [3.63, 3.8) is 0 Å². The average molecular weight is 292 g/mol. The van der Waals surface area contributed by atoms with E-state index in [0.717, 1.165) is 41.5 Å². The van der Waals surface area contributed by atoms with E-state index in [1.165, 1.54) is 4.88 Å². The Bertz CT molecular complexity index is 577. The van der Waals surface area contributed by atoms with Crippen molar-refractivity contribution >= 4 is 33.3 Å². The van der Waals surface area contributed by atoms with Crippen LogP contribution in [-0.2, 0) is 0 Å². The SMILES string of the molecule is CCCNc1nc(N(C)CC(C)C)c2cc(C)sc2n1. The van der Waals surface area contributed by atoms with Crippen LogP contribution in [0.25, 0.3) is 10.2 Å². The van der Waals surface area contributed by atoms with Crippen LogP contribution in [0.1, 0.15) is 32.1 Å². The summed E-state index contributed by atoms with van der Waals surface area (Å²) in [6.07, 6.45) is 1.07. The van der Waals surface area contributed by atoms with Crippen molar-refractivity contribution < 1.29 is 0 Å². The van der Waals surface area contributed by atoms with Crippen LogP contribution in [0.4, 0.5) is 11.8 Å². The molecule has 0 amide bonds. The maximum absolute atomic E-state index is 4.72. The summed E-state index contributed by atoms with van der Waals surface area (Å²) in [6, 6.07) is 2.19. The van der Waals surface area contributed by atoms with Crippen molar-refractivity contribution in [2.24, 2.45) is 5.92 Å². The number of thiophene rings is 1. The van der Waals surface area contributed by atoms with Crippen LogP contribution in [0.5, 0.6) is 0 Å². The lowest BCUT2D eigenvalue weighted by molar-refractivity contribution is 0.635. The fourth-order valence-electron chi connectivity index (χ4n) is 2.27. The van der Waals surface area contributed by atoms with Gasteiger partial charge >= 0.3 is 0 Å². The maximum Gasteiger partial charge on any atom is 0.226 e. The van der Waals surface area contributed by atoms with Gasteiger partial charge < -0.3 is 10.2 Å². The van der Waals surface area contributed by atoms with Crippen LogP contribution < -0.4 is 10.2 Å². The molecule has 2 aromatic rings. The number of nitrogens with zero attached hydrogens (tertiary/aromatic N) is 3. The molecule has 110 valence electrons. The minimum absolute atomic E-state index is 0.608. The molecule has 0 fully saturated rings. The number of aromatic nitrogens is 2. The number of aryl methyl sites for hydroxylation is 1. The Hall–Kier alpha value is -1.36. The molecule has 2 aromatic heterocycles. The second-order valence-electron chi connectivity index (χ2n) is 5.65. The molecule has 5 heteroatoms. The molecule has 2 heterocycles. The highest BCUT2D eigenvalue weighted by Crippen LogP contribution is 2.31. The second-order valence-corrected chi connectivity index (χ2v) is 6.88. The summed E-state index contributed by atoms with van der Waals surface area (Å²) in [4.78, 5) is 13.9. The van der Waals surface area contributed by atoms with Gasteiger partial charge in [-0.1, -0.05) is 20.8 Å². The van der Waals surface area contributed by atoms with E-state index in [-0.39, 0.29) is 0 Å². The minimum Gasteiger partial charge on any atom is -0.359 e. The number of fused-ring (bicyclic) bond motifs is 1. The molecule has 0 saturated heterocycles. The predicted octanol–water partition coefficient (Wildman–Crippen LogP) is 3.91. The zero-order valence-corrected chi connectivity index (χ0v) is 13.8. The van der Waals surface area contributed by atoms with E-state index in [9.17, 15) is 0 Å². The van der Waals surface area contributed by atoms with Gasteiger partial charge in [-0.05, 0) is 25.3 Å². The van der Waals surface area contributed by atoms with Crippen LogP contribution >= 0.6 is 11.3 Å². The van der Waals surface area contributed by atoms with Gasteiger partial charge in [-0.3, -0.25) is 0 Å². The Labute approximate surface area is 125 Å². The third kappa shape index (κ3) is 3.39. The van der Waals surface area contributed by atoms with E-state index in [4.69, 9.17) is 4.98 Å². The summed E-state index contributed by atoms with van der Waals surface area (Å²) >= 11 is 1.73. The quantitative estimate of drug-likeness (QED) is 0.876. The summed E-state index contributed by atoms with van der Waals surface area (Å²) < 4.78 is 0. The first-order valence-electron chi connectivity index (χ1n) is 7.24. The van der Waals surface area contributed by atoms with Crippen LogP contribution in [0.15, 0.2) is 6.07 Å². The third-order valence-electron chi connectivity index (χ3n) is 3.03.